The number of aromatic nitrogens is 2. The number of carbonyl (C=O) groups excluding carboxylic acids is 1. The molecular formula is C14H17N5O4. The van der Waals surface area contributed by atoms with Gasteiger partial charge < -0.3 is 16.6 Å². The van der Waals surface area contributed by atoms with Crippen molar-refractivity contribution in [1.82, 2.24) is 15.0 Å². The molecule has 2 aromatic heterocycles. The van der Waals surface area contributed by atoms with Crippen molar-refractivity contribution in [2.75, 3.05) is 25.6 Å². The lowest BCUT2D eigenvalue weighted by atomic mass is 10.3. The first-order valence-corrected chi connectivity index (χ1v) is 6.35. The maximum atomic E-state index is 11.4. The quantitative estimate of drug-likeness (QED) is 0.699. The van der Waals surface area contributed by atoms with Gasteiger partial charge in [-0.15, -0.1) is 0 Å². The van der Waals surface area contributed by atoms with Gasteiger partial charge >= 0.3 is 5.97 Å². The summed E-state index contributed by atoms with van der Waals surface area (Å²) in [4.78, 5) is 33.8. The molecule has 0 fully saturated rings. The Labute approximate surface area is 132 Å². The molecule has 122 valence electrons. The second kappa shape index (κ2) is 8.29. The van der Waals surface area contributed by atoms with Gasteiger partial charge in [0.15, 0.2) is 5.69 Å². The van der Waals surface area contributed by atoms with E-state index in [-0.39, 0.29) is 23.1 Å². The zero-order valence-corrected chi connectivity index (χ0v) is 12.6. The molecule has 0 spiro atoms. The molecule has 2 aromatic rings. The fourth-order valence-electron chi connectivity index (χ4n) is 1.39. The number of hydroxylamine groups is 2. The minimum absolute atomic E-state index is 0.0278. The molecule has 2 heterocycles. The van der Waals surface area contributed by atoms with Crippen molar-refractivity contribution < 1.29 is 19.5 Å². The van der Waals surface area contributed by atoms with E-state index in [1.54, 1.807) is 24.3 Å². The first-order valence-electron chi connectivity index (χ1n) is 6.35. The van der Waals surface area contributed by atoms with Gasteiger partial charge in [0, 0.05) is 7.05 Å². The lowest BCUT2D eigenvalue weighted by Crippen LogP contribution is -2.26. The van der Waals surface area contributed by atoms with Crippen molar-refractivity contribution >= 4 is 23.5 Å². The van der Waals surface area contributed by atoms with Crippen LogP contribution in [0.25, 0.3) is 0 Å². The number of carboxylic acid groups (broad SMARTS) is 1. The number of hydrogen-bond acceptors (Lipinski definition) is 7. The predicted molar refractivity (Wildman–Crippen MR) is 83.4 cm³/mol. The van der Waals surface area contributed by atoms with E-state index < -0.39 is 5.97 Å². The summed E-state index contributed by atoms with van der Waals surface area (Å²) in [6.45, 7) is 0. The Morgan fingerprint density at radius 3 is 1.91 bits per heavy atom. The second-order valence-electron chi connectivity index (χ2n) is 4.19. The van der Waals surface area contributed by atoms with Crippen molar-refractivity contribution in [3.8, 4) is 0 Å². The van der Waals surface area contributed by atoms with Crippen LogP contribution in [0, 0.1) is 0 Å². The maximum absolute atomic E-state index is 11.4. The SMILES string of the molecule is CON(C)C(=O)c1cccc(N)n1.Nc1cccc(C(=O)O)n1. The monoisotopic (exact) mass is 319 g/mol. The van der Waals surface area contributed by atoms with Gasteiger partial charge in [0.1, 0.15) is 17.3 Å². The zero-order chi connectivity index (χ0) is 17.4. The highest BCUT2D eigenvalue weighted by Gasteiger charge is 2.12. The molecule has 0 aliphatic carbocycles. The number of aromatic carboxylic acids is 1. The molecule has 0 radical (unpaired) electrons. The molecule has 2 rings (SSSR count). The normalized spacial score (nSPS) is 9.48. The zero-order valence-electron chi connectivity index (χ0n) is 12.6. The molecule has 0 saturated carbocycles. The number of hydrogen-bond donors (Lipinski definition) is 3. The first-order chi connectivity index (χ1) is 10.8. The van der Waals surface area contributed by atoms with Gasteiger partial charge in [0.2, 0.25) is 0 Å². The summed E-state index contributed by atoms with van der Waals surface area (Å²) >= 11 is 0. The number of nitrogens with zero attached hydrogens (tertiary/aromatic N) is 3. The number of pyridine rings is 2. The highest BCUT2D eigenvalue weighted by atomic mass is 16.7. The van der Waals surface area contributed by atoms with Crippen LogP contribution in [-0.4, -0.2) is 46.2 Å². The average Bonchev–Trinajstić information content (AvgIpc) is 2.54. The van der Waals surface area contributed by atoms with Gasteiger partial charge in [0.05, 0.1) is 7.11 Å². The van der Waals surface area contributed by atoms with E-state index in [2.05, 4.69) is 9.97 Å². The summed E-state index contributed by atoms with van der Waals surface area (Å²) in [7, 11) is 2.91. The Hall–Kier alpha value is -3.20. The molecule has 0 aliphatic rings. The lowest BCUT2D eigenvalue weighted by molar-refractivity contribution is -0.0760. The molecular weight excluding hydrogens is 302 g/mol. The highest BCUT2D eigenvalue weighted by Crippen LogP contribution is 2.03. The number of rotatable bonds is 3. The van der Waals surface area contributed by atoms with Gasteiger partial charge in [-0.05, 0) is 24.3 Å². The van der Waals surface area contributed by atoms with Crippen LogP contribution in [0.5, 0.6) is 0 Å². The number of carboxylic acids is 1. The van der Waals surface area contributed by atoms with E-state index >= 15 is 0 Å². The van der Waals surface area contributed by atoms with Crippen molar-refractivity contribution in [3.63, 3.8) is 0 Å². The summed E-state index contributed by atoms with van der Waals surface area (Å²) in [6, 6.07) is 9.33. The molecule has 0 aromatic carbocycles. The van der Waals surface area contributed by atoms with E-state index in [0.29, 0.717) is 5.82 Å². The van der Waals surface area contributed by atoms with Crippen LogP contribution in [0.15, 0.2) is 36.4 Å². The number of anilines is 2. The molecule has 1 amide bonds. The smallest absolute Gasteiger partial charge is 0.354 e. The summed E-state index contributed by atoms with van der Waals surface area (Å²) in [5.74, 6) is -0.850. The Kier molecular flexibility index (Phi) is 6.44. The average molecular weight is 319 g/mol. The Morgan fingerprint density at radius 1 is 1.04 bits per heavy atom. The molecule has 23 heavy (non-hydrogen) atoms. The summed E-state index contributed by atoms with van der Waals surface area (Å²) in [5, 5.41) is 9.48. The largest absolute Gasteiger partial charge is 0.477 e. The molecule has 0 bridgehead atoms. The number of amides is 1. The Morgan fingerprint density at radius 2 is 1.52 bits per heavy atom. The number of nitrogen functional groups attached to an aromatic ring is 2. The van der Waals surface area contributed by atoms with E-state index in [4.69, 9.17) is 21.4 Å². The minimum Gasteiger partial charge on any atom is -0.477 e. The van der Waals surface area contributed by atoms with Crippen LogP contribution in [0.4, 0.5) is 11.6 Å². The van der Waals surface area contributed by atoms with Gasteiger partial charge in [-0.3, -0.25) is 9.63 Å². The molecule has 0 aliphatic heterocycles. The van der Waals surface area contributed by atoms with Crippen LogP contribution >= 0.6 is 0 Å². The summed E-state index contributed by atoms with van der Waals surface area (Å²) < 4.78 is 0. The molecule has 9 nitrogen and oxygen atoms in total. The van der Waals surface area contributed by atoms with Crippen LogP contribution < -0.4 is 11.5 Å². The first kappa shape index (κ1) is 17.9. The number of nitrogens with two attached hydrogens (primary N) is 2. The third kappa shape index (κ3) is 5.59. The van der Waals surface area contributed by atoms with Gasteiger partial charge in [-0.2, -0.15) is 0 Å². The highest BCUT2D eigenvalue weighted by molar-refractivity contribution is 5.91. The van der Waals surface area contributed by atoms with Crippen LogP contribution in [-0.2, 0) is 4.84 Å². The van der Waals surface area contributed by atoms with Crippen LogP contribution in [0.2, 0.25) is 0 Å². The maximum Gasteiger partial charge on any atom is 0.354 e. The fourth-order valence-corrected chi connectivity index (χ4v) is 1.39. The van der Waals surface area contributed by atoms with Crippen molar-refractivity contribution in [3.05, 3.63) is 47.8 Å². The topological polar surface area (TPSA) is 145 Å². The third-order valence-corrected chi connectivity index (χ3v) is 2.54. The van der Waals surface area contributed by atoms with Gasteiger partial charge in [0.25, 0.3) is 5.91 Å². The van der Waals surface area contributed by atoms with Crippen LogP contribution in [0.3, 0.4) is 0 Å². The standard InChI is InChI=1S/C8H11N3O2.C6H6N2O2/c1-11(13-2)8(12)6-4-3-5-7(9)10-6;7-5-3-1-2-4(8-5)6(9)10/h3-5H,1-2H3,(H2,9,10);1-3H,(H2,7,8)(H,9,10). The van der Waals surface area contributed by atoms with Gasteiger partial charge in [-0.1, -0.05) is 12.1 Å². The summed E-state index contributed by atoms with van der Waals surface area (Å²) in [5.41, 5.74) is 10.9. The molecule has 0 atom stereocenters. The van der Waals surface area contributed by atoms with Crippen molar-refractivity contribution in [1.29, 1.82) is 0 Å². The van der Waals surface area contributed by atoms with E-state index in [1.165, 1.54) is 26.3 Å². The van der Waals surface area contributed by atoms with E-state index in [1.807, 2.05) is 0 Å². The Balaban J connectivity index is 0.000000238. The second-order valence-corrected chi connectivity index (χ2v) is 4.19. The minimum atomic E-state index is -1.06. The van der Waals surface area contributed by atoms with Crippen LogP contribution in [0.1, 0.15) is 21.0 Å². The fraction of sp³-hybridized carbons (Fsp3) is 0.143. The third-order valence-electron chi connectivity index (χ3n) is 2.54. The van der Waals surface area contributed by atoms with E-state index in [0.717, 1.165) is 5.06 Å². The lowest BCUT2D eigenvalue weighted by Gasteiger charge is -2.12. The number of carbonyl (C=O) groups is 2. The summed E-state index contributed by atoms with van der Waals surface area (Å²) in [6.07, 6.45) is 0. The van der Waals surface area contributed by atoms with Gasteiger partial charge in [-0.25, -0.2) is 19.8 Å². The molecule has 9 heteroatoms. The van der Waals surface area contributed by atoms with E-state index in [9.17, 15) is 9.59 Å². The molecule has 0 saturated heterocycles. The van der Waals surface area contributed by atoms with Crippen molar-refractivity contribution in [2.24, 2.45) is 0 Å². The molecule has 5 N–H and O–H groups in total. The molecule has 0 unspecified atom stereocenters. The Bertz CT molecular complexity index is 692. The van der Waals surface area contributed by atoms with Crippen molar-refractivity contribution in [2.45, 2.75) is 0 Å². The predicted octanol–water partition coefficient (Wildman–Crippen LogP) is 0.659.